The number of hydrogen-bond acceptors (Lipinski definition) is 7. The van der Waals surface area contributed by atoms with Gasteiger partial charge >= 0.3 is 12.3 Å². The van der Waals surface area contributed by atoms with Gasteiger partial charge in [-0.05, 0) is 63.6 Å². The molecule has 3 heterocycles. The van der Waals surface area contributed by atoms with E-state index in [2.05, 4.69) is 21.2 Å². The maximum Gasteiger partial charge on any atom is 0.455 e. The number of benzene rings is 1. The number of alkyl halides is 3. The molecule has 9 nitrogen and oxygen atoms in total. The molecule has 12 heteroatoms. The minimum atomic E-state index is -4.71. The van der Waals surface area contributed by atoms with Gasteiger partial charge in [0, 0.05) is 13.1 Å². The molecule has 0 bridgehead atoms. The molecular formula is C24H25F3N6O3. The minimum absolute atomic E-state index is 0.0842. The molecule has 5 rings (SSSR count). The highest BCUT2D eigenvalue weighted by molar-refractivity contribution is 5.77. The van der Waals surface area contributed by atoms with Gasteiger partial charge in [-0.15, -0.1) is 0 Å². The Morgan fingerprint density at radius 2 is 2.11 bits per heavy atom. The van der Waals surface area contributed by atoms with E-state index >= 15 is 0 Å². The summed E-state index contributed by atoms with van der Waals surface area (Å²) in [6.45, 7) is 4.42. The number of nitriles is 1. The zero-order chi connectivity index (χ0) is 25.7. The molecule has 3 aromatic rings. The fraction of sp³-hybridized carbons (Fsp3) is 0.542. The molecule has 1 aliphatic carbocycles. The van der Waals surface area contributed by atoms with E-state index in [1.54, 1.807) is 26.2 Å². The number of carbonyl (C=O) groups excluding carboxylic acids is 1. The number of nitrogens with zero attached hydrogens (tertiary/aromatic N) is 6. The van der Waals surface area contributed by atoms with Crippen LogP contribution in [0.1, 0.15) is 56.8 Å². The van der Waals surface area contributed by atoms with Crippen LogP contribution in [-0.4, -0.2) is 49.4 Å². The highest BCUT2D eigenvalue weighted by Gasteiger charge is 2.50. The van der Waals surface area contributed by atoms with Gasteiger partial charge in [0.25, 0.3) is 5.82 Å². The van der Waals surface area contributed by atoms with Crippen LogP contribution in [0, 0.1) is 17.2 Å². The average molecular weight is 502 g/mol. The highest BCUT2D eigenvalue weighted by Crippen LogP contribution is 2.42. The van der Waals surface area contributed by atoms with E-state index < -0.39 is 29.1 Å². The summed E-state index contributed by atoms with van der Waals surface area (Å²) < 4.78 is 51.5. The van der Waals surface area contributed by atoms with Crippen LogP contribution in [0.25, 0.3) is 11.0 Å². The molecule has 2 aliphatic rings. The fourth-order valence-corrected chi connectivity index (χ4v) is 5.36. The van der Waals surface area contributed by atoms with Crippen molar-refractivity contribution in [1.82, 2.24) is 24.6 Å². The molecule has 2 aromatic heterocycles. The topological polar surface area (TPSA) is 110 Å². The lowest BCUT2D eigenvalue weighted by atomic mass is 9.77. The van der Waals surface area contributed by atoms with Crippen molar-refractivity contribution in [2.75, 3.05) is 13.1 Å². The summed E-state index contributed by atoms with van der Waals surface area (Å²) in [5.74, 6) is -1.29. The van der Waals surface area contributed by atoms with Crippen molar-refractivity contribution in [2.45, 2.75) is 63.3 Å². The Hall–Kier alpha value is -3.62. The largest absolute Gasteiger partial charge is 0.455 e. The van der Waals surface area contributed by atoms with E-state index in [-0.39, 0.29) is 18.4 Å². The summed E-state index contributed by atoms with van der Waals surface area (Å²) >= 11 is 0. The molecule has 36 heavy (non-hydrogen) atoms. The van der Waals surface area contributed by atoms with Gasteiger partial charge in [-0.25, -0.2) is 9.78 Å². The van der Waals surface area contributed by atoms with Crippen molar-refractivity contribution in [3.05, 3.63) is 41.8 Å². The Morgan fingerprint density at radius 1 is 1.31 bits per heavy atom. The lowest BCUT2D eigenvalue weighted by Crippen LogP contribution is -2.43. The second-order valence-corrected chi connectivity index (χ2v) is 10.4. The third-order valence-corrected chi connectivity index (χ3v) is 7.00. The van der Waals surface area contributed by atoms with E-state index in [1.165, 1.54) is 4.90 Å². The first-order chi connectivity index (χ1) is 17.0. The summed E-state index contributed by atoms with van der Waals surface area (Å²) in [4.78, 5) is 22.3. The second-order valence-electron chi connectivity index (χ2n) is 10.4. The van der Waals surface area contributed by atoms with Gasteiger partial charge in [-0.3, -0.25) is 0 Å². The molecule has 1 amide bonds. The van der Waals surface area contributed by atoms with Crippen molar-refractivity contribution >= 4 is 17.1 Å². The minimum Gasteiger partial charge on any atom is -0.441 e. The van der Waals surface area contributed by atoms with Crippen molar-refractivity contribution < 1.29 is 27.2 Å². The zero-order valence-electron chi connectivity index (χ0n) is 19.9. The number of fused-ring (bicyclic) bond motifs is 1. The van der Waals surface area contributed by atoms with Gasteiger partial charge in [-0.2, -0.15) is 23.4 Å². The summed E-state index contributed by atoms with van der Waals surface area (Å²) in [5, 5.41) is 12.3. The van der Waals surface area contributed by atoms with Crippen molar-refractivity contribution in [3.63, 3.8) is 0 Å². The van der Waals surface area contributed by atoms with Crippen LogP contribution >= 0.6 is 0 Å². The first kappa shape index (κ1) is 24.1. The number of aromatic nitrogens is 4. The molecular weight excluding hydrogens is 477 g/mol. The summed E-state index contributed by atoms with van der Waals surface area (Å²) in [5.41, 5.74) is 0.614. The quantitative estimate of drug-likeness (QED) is 0.499. The normalized spacial score (nSPS) is 22.8. The Bertz CT molecular complexity index is 1340. The molecule has 1 saturated carbocycles. The van der Waals surface area contributed by atoms with Gasteiger partial charge in [0.15, 0.2) is 0 Å². The van der Waals surface area contributed by atoms with Crippen LogP contribution < -0.4 is 0 Å². The van der Waals surface area contributed by atoms with Gasteiger partial charge in [0.2, 0.25) is 5.89 Å². The predicted octanol–water partition coefficient (Wildman–Crippen LogP) is 4.67. The van der Waals surface area contributed by atoms with Crippen LogP contribution in [0.2, 0.25) is 0 Å². The molecule has 1 saturated heterocycles. The van der Waals surface area contributed by atoms with Gasteiger partial charge in [-0.1, -0.05) is 5.16 Å². The second kappa shape index (κ2) is 8.50. The Balaban J connectivity index is 1.28. The molecule has 2 atom stereocenters. The smallest absolute Gasteiger partial charge is 0.441 e. The molecule has 2 fully saturated rings. The van der Waals surface area contributed by atoms with E-state index in [9.17, 15) is 23.2 Å². The van der Waals surface area contributed by atoms with Crippen LogP contribution in [0.3, 0.4) is 0 Å². The number of halogens is 3. The van der Waals surface area contributed by atoms with E-state index in [1.807, 2.05) is 16.7 Å². The Morgan fingerprint density at radius 3 is 2.83 bits per heavy atom. The number of ether oxygens (including phenoxy) is 1. The summed E-state index contributed by atoms with van der Waals surface area (Å²) in [7, 11) is 0. The SMILES string of the molecule is CC(C)(CN1C[C@@]2(CCCC(Cn3cnc4ccc(C#N)cc43)C2)OC1=O)c1nc(C(F)(F)F)no1. The lowest BCUT2D eigenvalue weighted by molar-refractivity contribution is -0.146. The zero-order valence-corrected chi connectivity index (χ0v) is 19.9. The van der Waals surface area contributed by atoms with Crippen LogP contribution in [-0.2, 0) is 22.9 Å². The molecule has 190 valence electrons. The molecule has 1 unspecified atom stereocenters. The number of hydrogen-bond donors (Lipinski definition) is 0. The third kappa shape index (κ3) is 4.50. The highest BCUT2D eigenvalue weighted by atomic mass is 19.4. The summed E-state index contributed by atoms with van der Waals surface area (Å²) in [6.07, 6.45) is -0.217. The predicted molar refractivity (Wildman–Crippen MR) is 120 cm³/mol. The van der Waals surface area contributed by atoms with Gasteiger partial charge < -0.3 is 18.7 Å². The standard InChI is InChI=1S/C24H25F3N6O3/c1-22(2,20-30-19(31-36-20)24(25,26)27)12-33-13-23(35-21(33)34)7-3-4-16(9-23)11-32-14-29-17-6-5-15(10-28)8-18(17)32/h5-6,8,14,16H,3-4,7,9,11-13H2,1-2H3/t16?,23-/m0/s1. The average Bonchev–Trinajstić information content (AvgIpc) is 3.52. The molecule has 1 aromatic carbocycles. The first-order valence-corrected chi connectivity index (χ1v) is 11.7. The Kier molecular flexibility index (Phi) is 5.69. The van der Waals surface area contributed by atoms with Crippen LogP contribution in [0.5, 0.6) is 0 Å². The number of amides is 1. The maximum atomic E-state index is 12.9. The maximum absolute atomic E-state index is 12.9. The van der Waals surface area contributed by atoms with E-state index in [4.69, 9.17) is 9.26 Å². The van der Waals surface area contributed by atoms with Gasteiger partial charge in [0.05, 0.1) is 41.0 Å². The summed E-state index contributed by atoms with van der Waals surface area (Å²) in [6, 6.07) is 7.54. The monoisotopic (exact) mass is 502 g/mol. The molecule has 1 aliphatic heterocycles. The lowest BCUT2D eigenvalue weighted by Gasteiger charge is -2.36. The molecule has 0 radical (unpaired) electrons. The fourth-order valence-electron chi connectivity index (χ4n) is 5.36. The van der Waals surface area contributed by atoms with Crippen molar-refractivity contribution in [3.8, 4) is 6.07 Å². The number of carbonyl (C=O) groups is 1. The third-order valence-electron chi connectivity index (χ3n) is 7.00. The van der Waals surface area contributed by atoms with Crippen LogP contribution in [0.15, 0.2) is 29.0 Å². The molecule has 0 N–H and O–H groups in total. The van der Waals surface area contributed by atoms with Gasteiger partial charge in [0.1, 0.15) is 5.60 Å². The number of imidazole rings is 1. The van der Waals surface area contributed by atoms with Crippen LogP contribution in [0.4, 0.5) is 18.0 Å². The van der Waals surface area contributed by atoms with E-state index in [0.717, 1.165) is 23.9 Å². The van der Waals surface area contributed by atoms with E-state index in [0.29, 0.717) is 31.5 Å². The first-order valence-electron chi connectivity index (χ1n) is 11.7. The van der Waals surface area contributed by atoms with Crippen molar-refractivity contribution in [2.24, 2.45) is 5.92 Å². The Labute approximate surface area is 204 Å². The number of rotatable bonds is 5. The van der Waals surface area contributed by atoms with Crippen molar-refractivity contribution in [1.29, 1.82) is 5.26 Å². The molecule has 1 spiro atoms.